The minimum Gasteiger partial charge on any atom is -0.381 e. The molecule has 1 aromatic carbocycles. The lowest BCUT2D eigenvalue weighted by molar-refractivity contribution is 0.0530. The molecule has 4 rings (SSSR count). The first-order valence-electron chi connectivity index (χ1n) is 11.0. The summed E-state index contributed by atoms with van der Waals surface area (Å²) in [6.07, 6.45) is 7.77. The zero-order chi connectivity index (χ0) is 18.5. The van der Waals surface area contributed by atoms with Crippen LogP contribution in [0.4, 0.5) is 0 Å². The molecule has 0 bridgehead atoms. The van der Waals surface area contributed by atoms with Crippen LogP contribution < -0.4 is 5.32 Å². The van der Waals surface area contributed by atoms with Crippen molar-refractivity contribution in [2.45, 2.75) is 50.9 Å². The zero-order valence-electron chi connectivity index (χ0n) is 17.2. The molecule has 2 saturated heterocycles. The van der Waals surface area contributed by atoms with E-state index in [1.54, 1.807) is 0 Å². The average molecular weight is 497 g/mol. The highest BCUT2D eigenvalue weighted by atomic mass is 127. The molecule has 0 aromatic heterocycles. The summed E-state index contributed by atoms with van der Waals surface area (Å²) in [7, 11) is 0. The van der Waals surface area contributed by atoms with Crippen LogP contribution in [0.5, 0.6) is 0 Å². The summed E-state index contributed by atoms with van der Waals surface area (Å²) in [5.41, 5.74) is 1.54. The molecule has 3 fully saturated rings. The van der Waals surface area contributed by atoms with Gasteiger partial charge in [-0.3, -0.25) is 4.99 Å². The first-order valence-corrected chi connectivity index (χ1v) is 11.0. The molecule has 2 atom stereocenters. The third-order valence-electron chi connectivity index (χ3n) is 6.98. The van der Waals surface area contributed by atoms with Gasteiger partial charge < -0.3 is 15.0 Å². The van der Waals surface area contributed by atoms with Crippen molar-refractivity contribution in [3.8, 4) is 0 Å². The Bertz CT molecular complexity index is 616. The molecular formula is C23H36IN3O. The maximum Gasteiger partial charge on any atom is 0.193 e. The summed E-state index contributed by atoms with van der Waals surface area (Å²) in [5.74, 6) is 2.90. The summed E-state index contributed by atoms with van der Waals surface area (Å²) in [6, 6.07) is 11.0. The zero-order valence-corrected chi connectivity index (χ0v) is 19.6. The van der Waals surface area contributed by atoms with E-state index in [9.17, 15) is 0 Å². The third kappa shape index (κ3) is 4.84. The number of likely N-dealkylation sites (tertiary alicyclic amines) is 1. The molecule has 2 aliphatic heterocycles. The number of fused-ring (bicyclic) bond motifs is 1. The lowest BCUT2D eigenvalue weighted by Crippen LogP contribution is -2.43. The normalized spacial score (nSPS) is 27.0. The van der Waals surface area contributed by atoms with E-state index >= 15 is 0 Å². The van der Waals surface area contributed by atoms with Crippen molar-refractivity contribution in [3.05, 3.63) is 35.9 Å². The average Bonchev–Trinajstić information content (AvgIpc) is 3.16. The van der Waals surface area contributed by atoms with Crippen molar-refractivity contribution in [1.29, 1.82) is 0 Å². The van der Waals surface area contributed by atoms with Gasteiger partial charge in [-0.25, -0.2) is 0 Å². The van der Waals surface area contributed by atoms with Crippen LogP contribution in [0.25, 0.3) is 0 Å². The molecule has 2 heterocycles. The van der Waals surface area contributed by atoms with E-state index < -0.39 is 0 Å². The molecule has 0 spiro atoms. The van der Waals surface area contributed by atoms with Gasteiger partial charge in [0.2, 0.25) is 0 Å². The van der Waals surface area contributed by atoms with Gasteiger partial charge in [0.15, 0.2) is 5.96 Å². The molecule has 5 heteroatoms. The fourth-order valence-electron chi connectivity index (χ4n) is 5.32. The number of guanidine groups is 1. The monoisotopic (exact) mass is 497 g/mol. The second-order valence-corrected chi connectivity index (χ2v) is 8.64. The Hall–Kier alpha value is -0.820. The van der Waals surface area contributed by atoms with Crippen molar-refractivity contribution in [2.75, 3.05) is 39.4 Å². The topological polar surface area (TPSA) is 36.9 Å². The second kappa shape index (κ2) is 10.3. The number of rotatable bonds is 4. The number of halogens is 1. The van der Waals surface area contributed by atoms with E-state index in [2.05, 4.69) is 47.5 Å². The number of benzene rings is 1. The molecule has 0 radical (unpaired) electrons. The van der Waals surface area contributed by atoms with Crippen LogP contribution in [0, 0.1) is 11.8 Å². The Balaban J connectivity index is 0.00000225. The molecule has 2 unspecified atom stereocenters. The van der Waals surface area contributed by atoms with Crippen LogP contribution in [0.3, 0.4) is 0 Å². The molecular weight excluding hydrogens is 461 g/mol. The van der Waals surface area contributed by atoms with Crippen LogP contribution in [0.1, 0.15) is 51.0 Å². The van der Waals surface area contributed by atoms with Crippen LogP contribution in [0.2, 0.25) is 0 Å². The first kappa shape index (κ1) is 21.9. The number of ether oxygens (including phenoxy) is 1. The summed E-state index contributed by atoms with van der Waals surface area (Å²) in [5, 5.41) is 3.59. The highest BCUT2D eigenvalue weighted by Crippen LogP contribution is 2.37. The van der Waals surface area contributed by atoms with E-state index in [1.807, 2.05) is 0 Å². The van der Waals surface area contributed by atoms with Gasteiger partial charge in [-0.2, -0.15) is 0 Å². The largest absolute Gasteiger partial charge is 0.381 e. The van der Waals surface area contributed by atoms with Crippen molar-refractivity contribution in [2.24, 2.45) is 16.8 Å². The molecule has 4 nitrogen and oxygen atoms in total. The fourth-order valence-corrected chi connectivity index (χ4v) is 5.32. The number of aliphatic imine (C=N–C) groups is 1. The molecule has 1 N–H and O–H groups in total. The number of nitrogens with zero attached hydrogens (tertiary/aromatic N) is 2. The van der Waals surface area contributed by atoms with Gasteiger partial charge >= 0.3 is 0 Å². The molecule has 1 saturated carbocycles. The number of hydrogen-bond acceptors (Lipinski definition) is 2. The minimum atomic E-state index is 0. The molecule has 1 aliphatic carbocycles. The Kier molecular flexibility index (Phi) is 8.03. The molecule has 0 amide bonds. The number of nitrogens with one attached hydrogen (secondary N) is 1. The SMILES string of the molecule is CCNC(=NCC1(c2ccccc2)CCOCC1)N1CC2CCCCC2C1.I. The van der Waals surface area contributed by atoms with Crippen LogP contribution in [0.15, 0.2) is 35.3 Å². The van der Waals surface area contributed by atoms with Gasteiger partial charge in [0.1, 0.15) is 0 Å². The van der Waals surface area contributed by atoms with Gasteiger partial charge in [0.05, 0.1) is 6.54 Å². The van der Waals surface area contributed by atoms with Crippen molar-refractivity contribution < 1.29 is 4.74 Å². The first-order chi connectivity index (χ1) is 13.3. The Labute approximate surface area is 187 Å². The Morgan fingerprint density at radius 2 is 1.75 bits per heavy atom. The quantitative estimate of drug-likeness (QED) is 0.380. The van der Waals surface area contributed by atoms with Crippen molar-refractivity contribution >= 4 is 29.9 Å². The molecule has 1 aromatic rings. The van der Waals surface area contributed by atoms with Crippen molar-refractivity contribution in [3.63, 3.8) is 0 Å². The summed E-state index contributed by atoms with van der Waals surface area (Å²) in [4.78, 5) is 7.75. The van der Waals surface area contributed by atoms with E-state index in [1.165, 1.54) is 44.3 Å². The Morgan fingerprint density at radius 1 is 1.11 bits per heavy atom. The molecule has 3 aliphatic rings. The predicted octanol–water partition coefficient (Wildman–Crippen LogP) is 4.44. The van der Waals surface area contributed by atoms with Gasteiger partial charge in [-0.15, -0.1) is 24.0 Å². The lowest BCUT2D eigenvalue weighted by atomic mass is 9.74. The maximum absolute atomic E-state index is 5.69. The molecule has 156 valence electrons. The summed E-state index contributed by atoms with van der Waals surface area (Å²) < 4.78 is 5.69. The van der Waals surface area contributed by atoms with E-state index in [4.69, 9.17) is 9.73 Å². The molecule has 28 heavy (non-hydrogen) atoms. The van der Waals surface area contributed by atoms with Crippen LogP contribution in [-0.2, 0) is 10.2 Å². The van der Waals surface area contributed by atoms with E-state index in [0.29, 0.717) is 0 Å². The second-order valence-electron chi connectivity index (χ2n) is 8.64. The summed E-state index contributed by atoms with van der Waals surface area (Å²) in [6.45, 7) is 8.04. The van der Waals surface area contributed by atoms with Gasteiger partial charge in [0, 0.05) is 38.3 Å². The maximum atomic E-state index is 5.69. The third-order valence-corrected chi connectivity index (χ3v) is 6.98. The van der Waals surface area contributed by atoms with Crippen molar-refractivity contribution in [1.82, 2.24) is 10.2 Å². The smallest absolute Gasteiger partial charge is 0.193 e. The van der Waals surface area contributed by atoms with Gasteiger partial charge in [-0.1, -0.05) is 43.2 Å². The summed E-state index contributed by atoms with van der Waals surface area (Å²) >= 11 is 0. The van der Waals surface area contributed by atoms with E-state index in [-0.39, 0.29) is 29.4 Å². The van der Waals surface area contributed by atoms with Gasteiger partial charge in [-0.05, 0) is 50.0 Å². The fraction of sp³-hybridized carbons (Fsp3) is 0.696. The Morgan fingerprint density at radius 3 is 2.36 bits per heavy atom. The highest BCUT2D eigenvalue weighted by Gasteiger charge is 2.37. The highest BCUT2D eigenvalue weighted by molar-refractivity contribution is 14.0. The van der Waals surface area contributed by atoms with E-state index in [0.717, 1.165) is 56.9 Å². The minimum absolute atomic E-state index is 0. The standard InChI is InChI=1S/C23H35N3O.HI/c1-2-24-22(26-16-19-8-6-7-9-20(19)17-26)25-18-23(12-14-27-15-13-23)21-10-4-3-5-11-21;/h3-5,10-11,19-20H,2,6-9,12-18H2,1H3,(H,24,25);1H. The van der Waals surface area contributed by atoms with Gasteiger partial charge in [0.25, 0.3) is 0 Å². The van der Waals surface area contributed by atoms with Crippen LogP contribution in [-0.4, -0.2) is 50.3 Å². The number of hydrogen-bond donors (Lipinski definition) is 1. The predicted molar refractivity (Wildman–Crippen MR) is 127 cm³/mol. The van der Waals surface area contributed by atoms with Crippen LogP contribution >= 0.6 is 24.0 Å². The lowest BCUT2D eigenvalue weighted by Gasteiger charge is -2.37.